The Morgan fingerprint density at radius 3 is 2.17 bits per heavy atom. The van der Waals surface area contributed by atoms with Gasteiger partial charge < -0.3 is 11.1 Å². The fraction of sp³-hybridized carbons (Fsp3) is 0.176. The van der Waals surface area contributed by atoms with Crippen molar-refractivity contribution in [3.8, 4) is 0 Å². The number of nitrogen functional groups attached to an aromatic ring is 1. The molecule has 0 unspecified atom stereocenters. The van der Waals surface area contributed by atoms with Crippen molar-refractivity contribution in [2.45, 2.75) is 18.5 Å². The van der Waals surface area contributed by atoms with Gasteiger partial charge in [0.2, 0.25) is 11.9 Å². The van der Waals surface area contributed by atoms with Gasteiger partial charge in [-0.1, -0.05) is 24.3 Å². The zero-order valence-electron chi connectivity index (χ0n) is 12.7. The number of nitrogens with zero attached hydrogens (tertiary/aromatic N) is 3. The first-order valence-electron chi connectivity index (χ1n) is 7.59. The minimum absolute atomic E-state index is 0.0725. The zero-order valence-corrected chi connectivity index (χ0v) is 12.7. The lowest BCUT2D eigenvalue weighted by atomic mass is 9.93. The van der Waals surface area contributed by atoms with Crippen molar-refractivity contribution in [3.05, 3.63) is 71.3 Å². The molecule has 2 heterocycles. The Morgan fingerprint density at radius 1 is 0.958 bits per heavy atom. The molecule has 5 nitrogen and oxygen atoms in total. The number of hydrogen-bond acceptors (Lipinski definition) is 4. The van der Waals surface area contributed by atoms with Crippen LogP contribution in [-0.4, -0.2) is 14.8 Å². The Morgan fingerprint density at radius 2 is 1.54 bits per heavy atom. The van der Waals surface area contributed by atoms with E-state index in [1.807, 2.05) is 0 Å². The van der Waals surface area contributed by atoms with Crippen LogP contribution in [0.2, 0.25) is 0 Å². The molecule has 1 aromatic heterocycles. The van der Waals surface area contributed by atoms with Gasteiger partial charge in [-0.2, -0.15) is 4.98 Å². The van der Waals surface area contributed by atoms with Gasteiger partial charge in [-0.05, 0) is 41.8 Å². The third-order valence-electron chi connectivity index (χ3n) is 4.23. The second-order valence-corrected chi connectivity index (χ2v) is 5.79. The highest BCUT2D eigenvalue weighted by Crippen LogP contribution is 2.37. The summed E-state index contributed by atoms with van der Waals surface area (Å²) in [4.78, 5) is 4.21. The molecule has 24 heavy (non-hydrogen) atoms. The van der Waals surface area contributed by atoms with Crippen molar-refractivity contribution >= 4 is 11.9 Å². The molecule has 122 valence electrons. The molecule has 0 amide bonds. The molecular weight excluding hydrogens is 312 g/mol. The summed E-state index contributed by atoms with van der Waals surface area (Å²) in [6.45, 7) is 0. The lowest BCUT2D eigenvalue weighted by molar-refractivity contribution is 0.431. The van der Waals surface area contributed by atoms with Crippen LogP contribution in [0.4, 0.5) is 20.7 Å². The molecule has 7 heteroatoms. The van der Waals surface area contributed by atoms with Crippen LogP contribution in [0, 0.1) is 11.6 Å². The number of aromatic nitrogens is 3. The molecule has 2 aromatic carbocycles. The summed E-state index contributed by atoms with van der Waals surface area (Å²) < 4.78 is 28.1. The lowest BCUT2D eigenvalue weighted by Crippen LogP contribution is -2.28. The van der Waals surface area contributed by atoms with Gasteiger partial charge in [0.25, 0.3) is 0 Å². The monoisotopic (exact) mass is 327 g/mol. The summed E-state index contributed by atoms with van der Waals surface area (Å²) in [6, 6.07) is 12.4. The smallest absolute Gasteiger partial charge is 0.241 e. The van der Waals surface area contributed by atoms with Crippen LogP contribution in [0.1, 0.15) is 29.6 Å². The number of anilines is 2. The summed E-state index contributed by atoms with van der Waals surface area (Å²) in [6.07, 6.45) is 0.660. The van der Waals surface area contributed by atoms with E-state index in [1.54, 1.807) is 28.9 Å². The highest BCUT2D eigenvalue weighted by Gasteiger charge is 2.30. The van der Waals surface area contributed by atoms with Crippen LogP contribution in [0.5, 0.6) is 0 Å². The normalized spacial score (nSPS) is 19.6. The zero-order chi connectivity index (χ0) is 16.7. The lowest BCUT2D eigenvalue weighted by Gasteiger charge is -2.31. The minimum atomic E-state index is -0.291. The summed E-state index contributed by atoms with van der Waals surface area (Å²) in [7, 11) is 0. The number of hydrogen-bond donors (Lipinski definition) is 2. The van der Waals surface area contributed by atoms with Gasteiger partial charge in [0.05, 0.1) is 12.1 Å². The summed E-state index contributed by atoms with van der Waals surface area (Å²) in [5, 5.41) is 7.52. The van der Waals surface area contributed by atoms with Crippen LogP contribution in [0.15, 0.2) is 48.5 Å². The van der Waals surface area contributed by atoms with E-state index in [1.165, 1.54) is 24.3 Å². The Balaban J connectivity index is 1.74. The Hall–Kier alpha value is -2.96. The van der Waals surface area contributed by atoms with Gasteiger partial charge in [-0.3, -0.25) is 0 Å². The van der Waals surface area contributed by atoms with Crippen molar-refractivity contribution in [2.24, 2.45) is 0 Å². The van der Waals surface area contributed by atoms with Gasteiger partial charge in [0, 0.05) is 0 Å². The van der Waals surface area contributed by atoms with Crippen LogP contribution >= 0.6 is 0 Å². The number of fused-ring (bicyclic) bond motifs is 1. The maximum absolute atomic E-state index is 13.2. The van der Waals surface area contributed by atoms with E-state index in [2.05, 4.69) is 15.4 Å². The second-order valence-electron chi connectivity index (χ2n) is 5.79. The average molecular weight is 327 g/mol. The van der Waals surface area contributed by atoms with Crippen molar-refractivity contribution in [1.29, 1.82) is 0 Å². The van der Waals surface area contributed by atoms with E-state index in [9.17, 15) is 8.78 Å². The molecule has 0 aliphatic carbocycles. The summed E-state index contributed by atoms with van der Waals surface area (Å²) >= 11 is 0. The Kier molecular flexibility index (Phi) is 3.41. The topological polar surface area (TPSA) is 68.8 Å². The number of nitrogens with one attached hydrogen (secondary N) is 1. The minimum Gasteiger partial charge on any atom is -0.366 e. The molecule has 0 saturated heterocycles. The van der Waals surface area contributed by atoms with E-state index >= 15 is 0 Å². The molecule has 4 rings (SSSR count). The quantitative estimate of drug-likeness (QED) is 0.758. The molecule has 2 atom stereocenters. The maximum Gasteiger partial charge on any atom is 0.241 e. The van der Waals surface area contributed by atoms with E-state index in [4.69, 9.17) is 5.73 Å². The molecular formula is C17H15F2N5. The molecule has 3 N–H and O–H groups in total. The molecule has 1 aliphatic rings. The fourth-order valence-electron chi connectivity index (χ4n) is 3.07. The van der Waals surface area contributed by atoms with Gasteiger partial charge in [0.1, 0.15) is 11.6 Å². The van der Waals surface area contributed by atoms with Gasteiger partial charge in [-0.15, -0.1) is 5.10 Å². The van der Waals surface area contributed by atoms with Crippen molar-refractivity contribution in [3.63, 3.8) is 0 Å². The average Bonchev–Trinajstić information content (AvgIpc) is 2.95. The number of benzene rings is 2. The molecule has 0 bridgehead atoms. The third-order valence-corrected chi connectivity index (χ3v) is 4.23. The highest BCUT2D eigenvalue weighted by molar-refractivity contribution is 5.41. The number of halogens is 2. The van der Waals surface area contributed by atoms with E-state index in [-0.39, 0.29) is 29.7 Å². The van der Waals surface area contributed by atoms with Gasteiger partial charge >= 0.3 is 0 Å². The second kappa shape index (κ2) is 5.59. The number of rotatable bonds is 2. The van der Waals surface area contributed by atoms with Crippen LogP contribution in [0.25, 0.3) is 0 Å². The number of nitrogens with two attached hydrogens (primary N) is 1. The molecule has 0 saturated carbocycles. The molecule has 0 radical (unpaired) electrons. The van der Waals surface area contributed by atoms with Gasteiger partial charge in [0.15, 0.2) is 0 Å². The van der Waals surface area contributed by atoms with E-state index < -0.39 is 0 Å². The summed E-state index contributed by atoms with van der Waals surface area (Å²) in [5.41, 5.74) is 7.59. The van der Waals surface area contributed by atoms with E-state index in [0.29, 0.717) is 12.4 Å². The van der Waals surface area contributed by atoms with Gasteiger partial charge in [-0.25, -0.2) is 13.5 Å². The van der Waals surface area contributed by atoms with Crippen molar-refractivity contribution < 1.29 is 8.78 Å². The van der Waals surface area contributed by atoms with Crippen molar-refractivity contribution in [1.82, 2.24) is 14.8 Å². The van der Waals surface area contributed by atoms with Crippen molar-refractivity contribution in [2.75, 3.05) is 11.1 Å². The van der Waals surface area contributed by atoms with E-state index in [0.717, 1.165) is 11.1 Å². The molecule has 0 spiro atoms. The maximum atomic E-state index is 13.2. The third kappa shape index (κ3) is 2.58. The van der Waals surface area contributed by atoms with Crippen LogP contribution in [-0.2, 0) is 0 Å². The van der Waals surface area contributed by atoms with Crippen LogP contribution in [0.3, 0.4) is 0 Å². The predicted octanol–water partition coefficient (Wildman–Crippen LogP) is 3.28. The fourth-order valence-corrected chi connectivity index (χ4v) is 3.07. The molecule has 1 aliphatic heterocycles. The standard InChI is InChI=1S/C17H15F2N5/c18-12-5-1-10(2-6-12)14-9-15(11-3-7-13(19)8-4-11)24-17(21-14)22-16(20)23-24/h1-8,14-15H,9H2,(H3,20,21,22,23)/t14-,15-/m0/s1. The SMILES string of the molecule is Nc1nc2n(n1)[C@H](c1ccc(F)cc1)C[C@@H](c1ccc(F)cc1)N2. The first-order chi connectivity index (χ1) is 11.6. The first kappa shape index (κ1) is 14.6. The predicted molar refractivity (Wildman–Crippen MR) is 86.4 cm³/mol. The Bertz CT molecular complexity index is 858. The molecule has 3 aromatic rings. The Labute approximate surface area is 137 Å². The first-order valence-corrected chi connectivity index (χ1v) is 7.59. The summed E-state index contributed by atoms with van der Waals surface area (Å²) in [5.74, 6) is 0.143. The highest BCUT2D eigenvalue weighted by atomic mass is 19.1. The molecule has 0 fully saturated rings. The largest absolute Gasteiger partial charge is 0.366 e. The van der Waals surface area contributed by atoms with Crippen LogP contribution < -0.4 is 11.1 Å².